The number of nitrogens with zero attached hydrogens (tertiary/aromatic N) is 2. The maximum Gasteiger partial charge on any atom is 0.221 e. The molecule has 0 unspecified atom stereocenters. The molecule has 2 aromatic carbocycles. The summed E-state index contributed by atoms with van der Waals surface area (Å²) in [5, 5.41) is 3.00. The summed E-state index contributed by atoms with van der Waals surface area (Å²) in [6, 6.07) is 18.2. The molecule has 5 heteroatoms. The van der Waals surface area contributed by atoms with E-state index in [9.17, 15) is 4.79 Å². The SMILES string of the molecule is COc1ccc(CNC(=O)CCN2CCN(C/C=C/c3ccccc3)CC2)cc1. The second kappa shape index (κ2) is 11.4. The van der Waals surface area contributed by atoms with Crippen molar-refractivity contribution in [1.29, 1.82) is 0 Å². The highest BCUT2D eigenvalue weighted by Crippen LogP contribution is 2.11. The van der Waals surface area contributed by atoms with Gasteiger partial charge >= 0.3 is 0 Å². The fraction of sp³-hybridized carbons (Fsp3) is 0.375. The minimum atomic E-state index is 0.106. The van der Waals surface area contributed by atoms with Crippen molar-refractivity contribution >= 4 is 12.0 Å². The Balaban J connectivity index is 1.29. The van der Waals surface area contributed by atoms with Crippen molar-refractivity contribution in [2.24, 2.45) is 0 Å². The van der Waals surface area contributed by atoms with E-state index >= 15 is 0 Å². The summed E-state index contributed by atoms with van der Waals surface area (Å²) < 4.78 is 5.15. The van der Waals surface area contributed by atoms with Gasteiger partial charge in [-0.25, -0.2) is 0 Å². The van der Waals surface area contributed by atoms with Crippen LogP contribution in [0.15, 0.2) is 60.7 Å². The average Bonchev–Trinajstić information content (AvgIpc) is 2.78. The number of hydrogen-bond donors (Lipinski definition) is 1. The first-order valence-corrected chi connectivity index (χ1v) is 10.3. The number of amides is 1. The van der Waals surface area contributed by atoms with E-state index in [0.29, 0.717) is 13.0 Å². The first kappa shape index (κ1) is 21.1. The van der Waals surface area contributed by atoms with E-state index in [2.05, 4.69) is 51.5 Å². The van der Waals surface area contributed by atoms with E-state index in [0.717, 1.165) is 50.6 Å². The van der Waals surface area contributed by atoms with Gasteiger partial charge in [0.05, 0.1) is 7.11 Å². The van der Waals surface area contributed by atoms with Gasteiger partial charge in [-0.2, -0.15) is 0 Å². The van der Waals surface area contributed by atoms with Crippen LogP contribution < -0.4 is 10.1 Å². The Hall–Kier alpha value is -2.63. The van der Waals surface area contributed by atoms with Crippen LogP contribution in [-0.2, 0) is 11.3 Å². The molecular weight excluding hydrogens is 362 g/mol. The van der Waals surface area contributed by atoms with E-state index in [1.807, 2.05) is 30.3 Å². The van der Waals surface area contributed by atoms with Gasteiger partial charge in [0.1, 0.15) is 5.75 Å². The maximum absolute atomic E-state index is 12.1. The molecule has 1 heterocycles. The van der Waals surface area contributed by atoms with Gasteiger partial charge in [0.15, 0.2) is 0 Å². The van der Waals surface area contributed by atoms with Crippen molar-refractivity contribution in [3.63, 3.8) is 0 Å². The molecule has 0 atom stereocenters. The van der Waals surface area contributed by atoms with Gasteiger partial charge in [-0.05, 0) is 23.3 Å². The van der Waals surface area contributed by atoms with Crippen LogP contribution >= 0.6 is 0 Å². The lowest BCUT2D eigenvalue weighted by Crippen LogP contribution is -2.47. The molecule has 3 rings (SSSR count). The summed E-state index contributed by atoms with van der Waals surface area (Å²) in [5.41, 5.74) is 2.32. The summed E-state index contributed by atoms with van der Waals surface area (Å²) in [5.74, 6) is 0.934. The number of piperazine rings is 1. The van der Waals surface area contributed by atoms with Crippen LogP contribution in [0.3, 0.4) is 0 Å². The second-order valence-corrected chi connectivity index (χ2v) is 7.33. The van der Waals surface area contributed by atoms with Crippen molar-refractivity contribution in [3.8, 4) is 5.75 Å². The molecule has 1 aliphatic heterocycles. The number of carbonyl (C=O) groups excluding carboxylic acids is 1. The van der Waals surface area contributed by atoms with Crippen LogP contribution in [0.5, 0.6) is 5.75 Å². The summed E-state index contributed by atoms with van der Waals surface area (Å²) >= 11 is 0. The zero-order chi connectivity index (χ0) is 20.3. The van der Waals surface area contributed by atoms with Gasteiger partial charge in [0.2, 0.25) is 5.91 Å². The van der Waals surface area contributed by atoms with Gasteiger partial charge < -0.3 is 15.0 Å². The third kappa shape index (κ3) is 7.37. The normalized spacial score (nSPS) is 15.5. The van der Waals surface area contributed by atoms with E-state index in [-0.39, 0.29) is 5.91 Å². The number of ether oxygens (including phenoxy) is 1. The van der Waals surface area contributed by atoms with Gasteiger partial charge in [0.25, 0.3) is 0 Å². The Morgan fingerprint density at radius 3 is 2.38 bits per heavy atom. The van der Waals surface area contributed by atoms with Crippen molar-refractivity contribution in [3.05, 3.63) is 71.8 Å². The summed E-state index contributed by atoms with van der Waals surface area (Å²) in [7, 11) is 1.65. The number of hydrogen-bond acceptors (Lipinski definition) is 4. The van der Waals surface area contributed by atoms with Gasteiger partial charge in [0, 0.05) is 52.2 Å². The Bertz CT molecular complexity index is 766. The minimum Gasteiger partial charge on any atom is -0.497 e. The van der Waals surface area contributed by atoms with Crippen LogP contribution in [0.1, 0.15) is 17.5 Å². The largest absolute Gasteiger partial charge is 0.497 e. The van der Waals surface area contributed by atoms with E-state index < -0.39 is 0 Å². The molecule has 1 aliphatic rings. The number of rotatable bonds is 9. The topological polar surface area (TPSA) is 44.8 Å². The smallest absolute Gasteiger partial charge is 0.221 e. The van der Waals surface area contributed by atoms with Crippen molar-refractivity contribution in [2.75, 3.05) is 46.4 Å². The van der Waals surface area contributed by atoms with E-state index in [4.69, 9.17) is 4.74 Å². The molecular formula is C24H31N3O2. The quantitative estimate of drug-likeness (QED) is 0.711. The summed E-state index contributed by atoms with van der Waals surface area (Å²) in [6.45, 7) is 6.49. The Morgan fingerprint density at radius 2 is 1.69 bits per heavy atom. The molecule has 0 spiro atoms. The van der Waals surface area contributed by atoms with Crippen LogP contribution in [-0.4, -0.2) is 62.1 Å². The highest BCUT2D eigenvalue weighted by Gasteiger charge is 2.16. The zero-order valence-electron chi connectivity index (χ0n) is 17.2. The highest BCUT2D eigenvalue weighted by molar-refractivity contribution is 5.76. The standard InChI is InChI=1S/C24H31N3O2/c1-29-23-11-9-22(10-12-23)20-25-24(28)13-15-27-18-16-26(17-19-27)14-5-8-21-6-3-2-4-7-21/h2-12H,13-20H2,1H3,(H,25,28)/b8-5+. The van der Waals surface area contributed by atoms with E-state index in [1.54, 1.807) is 7.11 Å². The molecule has 1 fully saturated rings. The molecule has 1 saturated heterocycles. The van der Waals surface area contributed by atoms with Gasteiger partial charge in [-0.3, -0.25) is 9.69 Å². The molecule has 1 N–H and O–H groups in total. The predicted molar refractivity (Wildman–Crippen MR) is 118 cm³/mol. The monoisotopic (exact) mass is 393 g/mol. The fourth-order valence-electron chi connectivity index (χ4n) is 3.39. The van der Waals surface area contributed by atoms with Crippen LogP contribution in [0.4, 0.5) is 0 Å². The first-order valence-electron chi connectivity index (χ1n) is 10.3. The van der Waals surface area contributed by atoms with E-state index in [1.165, 1.54) is 5.56 Å². The highest BCUT2D eigenvalue weighted by atomic mass is 16.5. The maximum atomic E-state index is 12.1. The van der Waals surface area contributed by atoms with Crippen LogP contribution in [0.25, 0.3) is 6.08 Å². The third-order valence-corrected chi connectivity index (χ3v) is 5.24. The summed E-state index contributed by atoms with van der Waals surface area (Å²) in [4.78, 5) is 17.0. The third-order valence-electron chi connectivity index (χ3n) is 5.24. The molecule has 1 amide bonds. The molecule has 29 heavy (non-hydrogen) atoms. The lowest BCUT2D eigenvalue weighted by molar-refractivity contribution is -0.121. The minimum absolute atomic E-state index is 0.106. The lowest BCUT2D eigenvalue weighted by atomic mass is 10.2. The number of benzene rings is 2. The lowest BCUT2D eigenvalue weighted by Gasteiger charge is -2.34. The Morgan fingerprint density at radius 1 is 1.00 bits per heavy atom. The molecule has 5 nitrogen and oxygen atoms in total. The molecule has 0 saturated carbocycles. The van der Waals surface area contributed by atoms with Crippen LogP contribution in [0, 0.1) is 0 Å². The number of nitrogens with one attached hydrogen (secondary N) is 1. The average molecular weight is 394 g/mol. The predicted octanol–water partition coefficient (Wildman–Crippen LogP) is 3.03. The van der Waals surface area contributed by atoms with Gasteiger partial charge in [-0.15, -0.1) is 0 Å². The first-order chi connectivity index (χ1) is 14.2. The zero-order valence-corrected chi connectivity index (χ0v) is 17.2. The van der Waals surface area contributed by atoms with Crippen LogP contribution in [0.2, 0.25) is 0 Å². The van der Waals surface area contributed by atoms with Crippen molar-refractivity contribution in [1.82, 2.24) is 15.1 Å². The van der Waals surface area contributed by atoms with Gasteiger partial charge in [-0.1, -0.05) is 54.6 Å². The molecule has 154 valence electrons. The molecule has 2 aromatic rings. The molecule has 0 aromatic heterocycles. The molecule has 0 aliphatic carbocycles. The van der Waals surface area contributed by atoms with Crippen molar-refractivity contribution in [2.45, 2.75) is 13.0 Å². The Kier molecular flexibility index (Phi) is 8.28. The number of carbonyl (C=O) groups is 1. The second-order valence-electron chi connectivity index (χ2n) is 7.33. The summed E-state index contributed by atoms with van der Waals surface area (Å²) in [6.07, 6.45) is 4.96. The fourth-order valence-corrected chi connectivity index (χ4v) is 3.39. The molecule has 0 radical (unpaired) electrons. The Labute approximate surface area is 174 Å². The van der Waals surface area contributed by atoms with Crippen molar-refractivity contribution < 1.29 is 9.53 Å². The number of methoxy groups -OCH3 is 1. The molecule has 0 bridgehead atoms.